The fraction of sp³-hybridized carbons (Fsp3) is 0.316. The van der Waals surface area contributed by atoms with Crippen molar-refractivity contribution in [2.75, 3.05) is 6.54 Å². The van der Waals surface area contributed by atoms with Crippen LogP contribution in [0.15, 0.2) is 60.7 Å². The Kier molecular flexibility index (Phi) is 4.93. The summed E-state index contributed by atoms with van der Waals surface area (Å²) in [7, 11) is 0. The first-order valence-corrected chi connectivity index (χ1v) is 8.59. The Morgan fingerprint density at radius 3 is 1.96 bits per heavy atom. The second-order valence-electron chi connectivity index (χ2n) is 5.97. The van der Waals surface area contributed by atoms with Crippen LogP contribution < -0.4 is 5.32 Å². The molecule has 2 aromatic rings. The van der Waals surface area contributed by atoms with E-state index in [0.29, 0.717) is 13.0 Å². The van der Waals surface area contributed by atoms with Gasteiger partial charge in [-0.25, -0.2) is 0 Å². The molecule has 1 unspecified atom stereocenters. The first-order chi connectivity index (χ1) is 11.1. The van der Waals surface area contributed by atoms with E-state index in [1.807, 2.05) is 36.4 Å². The lowest BCUT2D eigenvalue weighted by Crippen LogP contribution is -2.28. The lowest BCUT2D eigenvalue weighted by molar-refractivity contribution is -0.122. The summed E-state index contributed by atoms with van der Waals surface area (Å²) in [4.78, 5) is 12.0. The fourth-order valence-electron chi connectivity index (χ4n) is 2.86. The monoisotopic (exact) mass is 347 g/mol. The first kappa shape index (κ1) is 16.4. The molecule has 0 radical (unpaired) electrons. The van der Waals surface area contributed by atoms with Gasteiger partial charge in [0.25, 0.3) is 0 Å². The highest BCUT2D eigenvalue weighted by molar-refractivity contribution is 6.52. The van der Waals surface area contributed by atoms with Gasteiger partial charge in [-0.2, -0.15) is 0 Å². The molecule has 3 rings (SSSR count). The third kappa shape index (κ3) is 4.07. The third-order valence-corrected chi connectivity index (χ3v) is 5.11. The van der Waals surface area contributed by atoms with Gasteiger partial charge < -0.3 is 5.32 Å². The minimum Gasteiger partial charge on any atom is -0.356 e. The normalized spacial score (nSPS) is 18.7. The van der Waals surface area contributed by atoms with Crippen molar-refractivity contribution in [2.24, 2.45) is 5.92 Å². The predicted molar refractivity (Wildman–Crippen MR) is 94.9 cm³/mol. The highest BCUT2D eigenvalue weighted by Crippen LogP contribution is 2.53. The van der Waals surface area contributed by atoms with Crippen LogP contribution in [0, 0.1) is 5.92 Å². The van der Waals surface area contributed by atoms with Crippen LogP contribution in [0.5, 0.6) is 0 Å². The number of nitrogens with one attached hydrogen (secondary N) is 1. The van der Waals surface area contributed by atoms with Crippen LogP contribution in [-0.4, -0.2) is 16.8 Å². The lowest BCUT2D eigenvalue weighted by Gasteiger charge is -2.18. The van der Waals surface area contributed by atoms with Crippen molar-refractivity contribution >= 4 is 29.1 Å². The SMILES string of the molecule is O=C(NCCC(c1ccccc1)c1ccccc1)C1CC1(Cl)Cl. The maximum Gasteiger partial charge on any atom is 0.226 e. The molecule has 0 heterocycles. The van der Waals surface area contributed by atoms with Gasteiger partial charge in [0, 0.05) is 12.5 Å². The summed E-state index contributed by atoms with van der Waals surface area (Å²) in [5.41, 5.74) is 2.51. The second-order valence-corrected chi connectivity index (χ2v) is 7.51. The van der Waals surface area contributed by atoms with E-state index >= 15 is 0 Å². The third-order valence-electron chi connectivity index (χ3n) is 4.28. The highest BCUT2D eigenvalue weighted by atomic mass is 35.5. The van der Waals surface area contributed by atoms with Crippen molar-refractivity contribution in [3.63, 3.8) is 0 Å². The molecular formula is C19H19Cl2NO. The van der Waals surface area contributed by atoms with E-state index in [9.17, 15) is 4.79 Å². The molecular weight excluding hydrogens is 329 g/mol. The van der Waals surface area contributed by atoms with Crippen molar-refractivity contribution in [2.45, 2.75) is 23.1 Å². The van der Waals surface area contributed by atoms with Crippen molar-refractivity contribution in [3.05, 3.63) is 71.8 Å². The average Bonchev–Trinajstić information content (AvgIpc) is 3.22. The Balaban J connectivity index is 1.64. The Bertz CT molecular complexity index is 618. The summed E-state index contributed by atoms with van der Waals surface area (Å²) in [6.07, 6.45) is 1.38. The number of alkyl halides is 2. The molecule has 1 aliphatic carbocycles. The quantitative estimate of drug-likeness (QED) is 0.764. The van der Waals surface area contributed by atoms with Crippen LogP contribution in [-0.2, 0) is 4.79 Å². The number of benzene rings is 2. The van der Waals surface area contributed by atoms with Gasteiger partial charge in [-0.1, -0.05) is 60.7 Å². The van der Waals surface area contributed by atoms with Gasteiger partial charge in [-0.05, 0) is 24.0 Å². The van der Waals surface area contributed by atoms with Gasteiger partial charge >= 0.3 is 0 Å². The molecule has 0 bridgehead atoms. The van der Waals surface area contributed by atoms with Crippen LogP contribution in [0.25, 0.3) is 0 Å². The summed E-state index contributed by atoms with van der Waals surface area (Å²) in [6, 6.07) is 20.7. The van der Waals surface area contributed by atoms with Crippen molar-refractivity contribution in [3.8, 4) is 0 Å². The Morgan fingerprint density at radius 1 is 1.04 bits per heavy atom. The summed E-state index contributed by atoms with van der Waals surface area (Å²) in [5, 5.41) is 2.96. The van der Waals surface area contributed by atoms with Crippen LogP contribution in [0.2, 0.25) is 0 Å². The fourth-order valence-corrected chi connectivity index (χ4v) is 3.36. The number of amides is 1. The van der Waals surface area contributed by atoms with E-state index < -0.39 is 4.33 Å². The van der Waals surface area contributed by atoms with Crippen LogP contribution in [0.4, 0.5) is 0 Å². The summed E-state index contributed by atoms with van der Waals surface area (Å²) in [6.45, 7) is 0.605. The molecule has 1 saturated carbocycles. The molecule has 0 spiro atoms. The highest BCUT2D eigenvalue weighted by Gasteiger charge is 2.56. The van der Waals surface area contributed by atoms with E-state index in [1.165, 1.54) is 11.1 Å². The molecule has 1 amide bonds. The Hall–Kier alpha value is -1.51. The molecule has 4 heteroatoms. The second kappa shape index (κ2) is 6.94. The summed E-state index contributed by atoms with van der Waals surface area (Å²) < 4.78 is -0.859. The van der Waals surface area contributed by atoms with Gasteiger partial charge in [0.15, 0.2) is 0 Å². The molecule has 2 nitrogen and oxygen atoms in total. The van der Waals surface area contributed by atoms with Crippen molar-refractivity contribution in [1.29, 1.82) is 0 Å². The van der Waals surface area contributed by atoms with Crippen LogP contribution in [0.3, 0.4) is 0 Å². The smallest absolute Gasteiger partial charge is 0.226 e. The minimum atomic E-state index is -0.859. The molecule has 120 valence electrons. The maximum absolute atomic E-state index is 12.0. The standard InChI is InChI=1S/C19H19Cl2NO/c20-19(21)13-17(19)18(23)22-12-11-16(14-7-3-1-4-8-14)15-9-5-2-6-10-15/h1-10,16-17H,11-13H2,(H,22,23). The Labute approximate surface area is 146 Å². The zero-order valence-electron chi connectivity index (χ0n) is 12.7. The number of hydrogen-bond donors (Lipinski definition) is 1. The predicted octanol–water partition coefficient (Wildman–Crippen LogP) is 4.52. The number of halogens is 2. The van der Waals surface area contributed by atoms with Gasteiger partial charge in [-0.15, -0.1) is 23.2 Å². The first-order valence-electron chi connectivity index (χ1n) is 7.83. The van der Waals surface area contributed by atoms with Gasteiger partial charge in [-0.3, -0.25) is 4.79 Å². The summed E-state index contributed by atoms with van der Waals surface area (Å²) in [5.74, 6) is -0.0544. The number of carbonyl (C=O) groups excluding carboxylic acids is 1. The molecule has 1 aliphatic rings. The Morgan fingerprint density at radius 2 is 1.52 bits per heavy atom. The number of hydrogen-bond acceptors (Lipinski definition) is 1. The molecule has 0 aromatic heterocycles. The van der Waals surface area contributed by atoms with Crippen LogP contribution in [0.1, 0.15) is 29.9 Å². The zero-order chi connectivity index (χ0) is 16.3. The number of rotatable bonds is 6. The van der Waals surface area contributed by atoms with E-state index in [1.54, 1.807) is 0 Å². The van der Waals surface area contributed by atoms with E-state index in [0.717, 1.165) is 6.42 Å². The van der Waals surface area contributed by atoms with Gasteiger partial charge in [0.1, 0.15) is 4.33 Å². The molecule has 1 fully saturated rings. The molecule has 2 aromatic carbocycles. The molecule has 23 heavy (non-hydrogen) atoms. The zero-order valence-corrected chi connectivity index (χ0v) is 14.2. The van der Waals surface area contributed by atoms with E-state index in [2.05, 4.69) is 29.6 Å². The van der Waals surface area contributed by atoms with E-state index in [4.69, 9.17) is 23.2 Å². The topological polar surface area (TPSA) is 29.1 Å². The van der Waals surface area contributed by atoms with Gasteiger partial charge in [0.05, 0.1) is 5.92 Å². The minimum absolute atomic E-state index is 0.0464. The average molecular weight is 348 g/mol. The molecule has 0 aliphatic heterocycles. The van der Waals surface area contributed by atoms with Crippen molar-refractivity contribution < 1.29 is 4.79 Å². The number of carbonyl (C=O) groups is 1. The van der Waals surface area contributed by atoms with Gasteiger partial charge in [0.2, 0.25) is 5.91 Å². The van der Waals surface area contributed by atoms with Crippen LogP contribution >= 0.6 is 23.2 Å². The summed E-state index contributed by atoms with van der Waals surface area (Å²) >= 11 is 11.9. The molecule has 1 atom stereocenters. The van der Waals surface area contributed by atoms with E-state index in [-0.39, 0.29) is 17.7 Å². The molecule has 0 saturated heterocycles. The van der Waals surface area contributed by atoms with Crippen molar-refractivity contribution in [1.82, 2.24) is 5.32 Å². The largest absolute Gasteiger partial charge is 0.356 e. The maximum atomic E-state index is 12.0. The lowest BCUT2D eigenvalue weighted by atomic mass is 9.88. The molecule has 1 N–H and O–H groups in total.